The first-order valence-corrected chi connectivity index (χ1v) is 5.16. The largest absolute Gasteiger partial charge is 0.396 e. The Morgan fingerprint density at radius 2 is 1.72 bits per heavy atom. The average Bonchev–Trinajstić information content (AvgIpc) is 2.27. The van der Waals surface area contributed by atoms with Crippen molar-refractivity contribution in [2.75, 3.05) is 17.2 Å². The number of halogens is 1. The number of nitrogen functional groups attached to an aromatic ring is 3. The van der Waals surface area contributed by atoms with Crippen molar-refractivity contribution in [2.24, 2.45) is 0 Å². The maximum Gasteiger partial charge on any atom is 0.147 e. The number of nitrogens with two attached hydrogens (primary N) is 3. The second-order valence-electron chi connectivity index (χ2n) is 3.63. The van der Waals surface area contributed by atoms with Gasteiger partial charge in [0, 0.05) is 11.9 Å². The fraction of sp³-hybridized carbons (Fsp3) is 0.167. The molecule has 2 aromatic heterocycles. The fourth-order valence-electron chi connectivity index (χ4n) is 1.25. The van der Waals surface area contributed by atoms with E-state index >= 15 is 0 Å². The molecule has 0 aliphatic carbocycles. The molecule has 2 rings (SSSR count). The standard InChI is InChI=1S/C7H11N3.C5H6N2.ClH/c1-4-3-5(2)10-7(9)6(4)8;6-5-3-1-2-4-7-5;/h3H,8H2,1-2H3,(H2,9,10);1-4H,(H2,6,7);1H. The van der Waals surface area contributed by atoms with Crippen LogP contribution >= 0.6 is 12.4 Å². The Kier molecular flexibility index (Phi) is 6.52. The van der Waals surface area contributed by atoms with Crippen LogP contribution in [0.15, 0.2) is 30.5 Å². The first-order chi connectivity index (χ1) is 8.00. The Hall–Kier alpha value is -2.01. The van der Waals surface area contributed by atoms with Crippen LogP contribution in [-0.4, -0.2) is 9.97 Å². The molecule has 6 N–H and O–H groups in total. The van der Waals surface area contributed by atoms with Crippen LogP contribution in [-0.2, 0) is 0 Å². The second-order valence-corrected chi connectivity index (χ2v) is 3.63. The van der Waals surface area contributed by atoms with Gasteiger partial charge >= 0.3 is 0 Å². The zero-order valence-corrected chi connectivity index (χ0v) is 11.2. The summed E-state index contributed by atoms with van der Waals surface area (Å²) < 4.78 is 0. The fourth-order valence-corrected chi connectivity index (χ4v) is 1.25. The Balaban J connectivity index is 0.000000321. The van der Waals surface area contributed by atoms with E-state index in [1.807, 2.05) is 32.0 Å². The lowest BCUT2D eigenvalue weighted by molar-refractivity contribution is 1.19. The molecule has 0 saturated heterocycles. The zero-order valence-electron chi connectivity index (χ0n) is 10.4. The molecule has 98 valence electrons. The molecule has 0 unspecified atom stereocenters. The molecule has 18 heavy (non-hydrogen) atoms. The Morgan fingerprint density at radius 3 is 2.11 bits per heavy atom. The lowest BCUT2D eigenvalue weighted by atomic mass is 10.2. The van der Waals surface area contributed by atoms with Gasteiger partial charge in [0.1, 0.15) is 11.6 Å². The molecule has 6 heteroatoms. The maximum absolute atomic E-state index is 5.56. The quantitative estimate of drug-likeness (QED) is 0.677. The molecule has 0 aliphatic rings. The van der Waals surface area contributed by atoms with Crippen LogP contribution < -0.4 is 17.2 Å². The minimum absolute atomic E-state index is 0. The first-order valence-electron chi connectivity index (χ1n) is 5.16. The minimum Gasteiger partial charge on any atom is -0.396 e. The van der Waals surface area contributed by atoms with Gasteiger partial charge in [-0.2, -0.15) is 0 Å². The van der Waals surface area contributed by atoms with Gasteiger partial charge in [0.15, 0.2) is 0 Å². The topological polar surface area (TPSA) is 104 Å². The Bertz CT molecular complexity index is 464. The Morgan fingerprint density at radius 1 is 1.06 bits per heavy atom. The van der Waals surface area contributed by atoms with Crippen LogP contribution in [0.25, 0.3) is 0 Å². The first kappa shape index (κ1) is 16.0. The highest BCUT2D eigenvalue weighted by Crippen LogP contribution is 2.16. The van der Waals surface area contributed by atoms with Gasteiger partial charge in [-0.25, -0.2) is 9.97 Å². The van der Waals surface area contributed by atoms with Crippen molar-refractivity contribution in [3.63, 3.8) is 0 Å². The van der Waals surface area contributed by atoms with Crippen LogP contribution in [0.3, 0.4) is 0 Å². The second kappa shape index (κ2) is 7.34. The summed E-state index contributed by atoms with van der Waals surface area (Å²) in [6.07, 6.45) is 1.66. The molecule has 2 aromatic rings. The molecule has 0 aromatic carbocycles. The summed E-state index contributed by atoms with van der Waals surface area (Å²) in [6, 6.07) is 7.34. The number of hydrogen-bond acceptors (Lipinski definition) is 5. The van der Waals surface area contributed by atoms with Gasteiger partial charge in [-0.1, -0.05) is 6.07 Å². The molecular formula is C12H18ClN5. The number of anilines is 3. The Labute approximate surface area is 113 Å². The molecule has 0 amide bonds. The van der Waals surface area contributed by atoms with E-state index in [4.69, 9.17) is 17.2 Å². The van der Waals surface area contributed by atoms with E-state index in [0.29, 0.717) is 17.3 Å². The molecule has 0 spiro atoms. The smallest absolute Gasteiger partial charge is 0.147 e. The van der Waals surface area contributed by atoms with Crippen LogP contribution in [0.1, 0.15) is 11.3 Å². The van der Waals surface area contributed by atoms with E-state index < -0.39 is 0 Å². The third-order valence-electron chi connectivity index (χ3n) is 2.11. The highest BCUT2D eigenvalue weighted by atomic mass is 35.5. The predicted octanol–water partition coefficient (Wildman–Crippen LogP) is 1.95. The third-order valence-corrected chi connectivity index (χ3v) is 2.11. The van der Waals surface area contributed by atoms with Gasteiger partial charge in [0.05, 0.1) is 5.69 Å². The number of aromatic nitrogens is 2. The van der Waals surface area contributed by atoms with Crippen molar-refractivity contribution in [1.82, 2.24) is 9.97 Å². The minimum atomic E-state index is 0. The van der Waals surface area contributed by atoms with E-state index in [2.05, 4.69) is 9.97 Å². The van der Waals surface area contributed by atoms with Crippen molar-refractivity contribution in [2.45, 2.75) is 13.8 Å². The molecular weight excluding hydrogens is 250 g/mol. The van der Waals surface area contributed by atoms with Gasteiger partial charge in [-0.05, 0) is 37.6 Å². The summed E-state index contributed by atoms with van der Waals surface area (Å²) in [6.45, 7) is 3.81. The van der Waals surface area contributed by atoms with Gasteiger partial charge in [-0.3, -0.25) is 0 Å². The normalized spacial score (nSPS) is 8.78. The number of hydrogen-bond donors (Lipinski definition) is 3. The molecule has 2 heterocycles. The number of pyridine rings is 2. The van der Waals surface area contributed by atoms with E-state index in [1.54, 1.807) is 12.3 Å². The summed E-state index contributed by atoms with van der Waals surface area (Å²) in [5.74, 6) is 1.00. The molecule has 5 nitrogen and oxygen atoms in total. The zero-order chi connectivity index (χ0) is 12.8. The van der Waals surface area contributed by atoms with E-state index in [1.165, 1.54) is 0 Å². The highest BCUT2D eigenvalue weighted by molar-refractivity contribution is 5.85. The molecule has 0 aliphatic heterocycles. The predicted molar refractivity (Wildman–Crippen MR) is 78.4 cm³/mol. The van der Waals surface area contributed by atoms with Crippen LogP contribution in [0, 0.1) is 13.8 Å². The molecule has 0 saturated carbocycles. The molecule has 0 atom stereocenters. The molecule has 0 bridgehead atoms. The summed E-state index contributed by atoms with van der Waals surface area (Å²) in [5.41, 5.74) is 18.8. The van der Waals surface area contributed by atoms with Crippen LogP contribution in [0.5, 0.6) is 0 Å². The highest BCUT2D eigenvalue weighted by Gasteiger charge is 1.99. The lowest BCUT2D eigenvalue weighted by Crippen LogP contribution is -2.01. The lowest BCUT2D eigenvalue weighted by Gasteiger charge is -2.03. The van der Waals surface area contributed by atoms with Gasteiger partial charge < -0.3 is 17.2 Å². The van der Waals surface area contributed by atoms with Gasteiger partial charge in [0.2, 0.25) is 0 Å². The van der Waals surface area contributed by atoms with E-state index in [0.717, 1.165) is 11.3 Å². The van der Waals surface area contributed by atoms with Crippen LogP contribution in [0.4, 0.5) is 17.3 Å². The maximum atomic E-state index is 5.56. The van der Waals surface area contributed by atoms with Crippen molar-refractivity contribution < 1.29 is 0 Å². The van der Waals surface area contributed by atoms with Crippen LogP contribution in [0.2, 0.25) is 0 Å². The van der Waals surface area contributed by atoms with Gasteiger partial charge in [-0.15, -0.1) is 12.4 Å². The van der Waals surface area contributed by atoms with E-state index in [-0.39, 0.29) is 12.4 Å². The summed E-state index contributed by atoms with van der Waals surface area (Å²) >= 11 is 0. The third kappa shape index (κ3) is 4.88. The van der Waals surface area contributed by atoms with Crippen molar-refractivity contribution in [3.8, 4) is 0 Å². The molecule has 0 fully saturated rings. The van der Waals surface area contributed by atoms with E-state index in [9.17, 15) is 0 Å². The number of rotatable bonds is 0. The summed E-state index contributed by atoms with van der Waals surface area (Å²) in [7, 11) is 0. The van der Waals surface area contributed by atoms with Crippen molar-refractivity contribution >= 4 is 29.7 Å². The SMILES string of the molecule is Cc1cc(C)c(N)c(N)n1.Cl.Nc1ccccn1. The molecule has 0 radical (unpaired) electrons. The van der Waals surface area contributed by atoms with Crippen molar-refractivity contribution in [1.29, 1.82) is 0 Å². The van der Waals surface area contributed by atoms with Gasteiger partial charge in [0.25, 0.3) is 0 Å². The number of aryl methyl sites for hydroxylation is 2. The van der Waals surface area contributed by atoms with Crippen molar-refractivity contribution in [3.05, 3.63) is 41.7 Å². The summed E-state index contributed by atoms with van der Waals surface area (Å²) in [5, 5.41) is 0. The average molecular weight is 268 g/mol. The summed E-state index contributed by atoms with van der Waals surface area (Å²) in [4.78, 5) is 7.74. The number of nitrogens with zero attached hydrogens (tertiary/aromatic N) is 2. The monoisotopic (exact) mass is 267 g/mol.